The number of pyridine rings is 2. The Kier molecular flexibility index (Phi) is 10.2. The van der Waals surface area contributed by atoms with Crippen LogP contribution < -0.4 is 20.7 Å². The molecule has 0 saturated carbocycles. The lowest BCUT2D eigenvalue weighted by atomic mass is 10.0. The van der Waals surface area contributed by atoms with Gasteiger partial charge in [-0.15, -0.1) is 0 Å². The molecule has 0 aliphatic rings. The van der Waals surface area contributed by atoms with Crippen LogP contribution in [0.15, 0.2) is 18.3 Å². The first kappa shape index (κ1) is 28.6. The molecule has 0 radical (unpaired) electrons. The average Bonchev–Trinajstić information content (AvgIpc) is 2.79. The second-order valence-electron chi connectivity index (χ2n) is 9.35. The summed E-state index contributed by atoms with van der Waals surface area (Å²) >= 11 is 0. The zero-order chi connectivity index (χ0) is 26.9. The molecular formula is C25H34F2N6O3. The Morgan fingerprint density at radius 2 is 1.92 bits per heavy atom. The third kappa shape index (κ3) is 8.52. The van der Waals surface area contributed by atoms with Crippen LogP contribution in [0.1, 0.15) is 65.9 Å². The molecule has 2 heterocycles. The van der Waals surface area contributed by atoms with Gasteiger partial charge in [0.1, 0.15) is 11.7 Å². The molecule has 0 bridgehead atoms. The number of carbonyl (C=O) groups is 1. The van der Waals surface area contributed by atoms with E-state index in [4.69, 9.17) is 9.47 Å². The molecule has 2 rings (SSSR count). The van der Waals surface area contributed by atoms with Crippen LogP contribution in [0.4, 0.5) is 30.9 Å². The predicted molar refractivity (Wildman–Crippen MR) is 133 cm³/mol. The summed E-state index contributed by atoms with van der Waals surface area (Å²) < 4.78 is 39.1. The van der Waals surface area contributed by atoms with E-state index in [9.17, 15) is 18.8 Å². The van der Waals surface area contributed by atoms with Gasteiger partial charge in [-0.2, -0.15) is 5.26 Å². The van der Waals surface area contributed by atoms with Crippen LogP contribution in [0.2, 0.25) is 0 Å². The quantitative estimate of drug-likeness (QED) is 0.336. The minimum Gasteiger partial charge on any atom is -0.479 e. The molecule has 2 atom stereocenters. The third-order valence-electron chi connectivity index (χ3n) is 5.15. The van der Waals surface area contributed by atoms with Gasteiger partial charge in [0.25, 0.3) is 0 Å². The molecule has 0 aliphatic carbocycles. The molecule has 3 N–H and O–H groups in total. The molecule has 0 aromatic carbocycles. The van der Waals surface area contributed by atoms with E-state index in [2.05, 4.69) is 32.8 Å². The lowest BCUT2D eigenvalue weighted by molar-refractivity contribution is 0.0502. The summed E-state index contributed by atoms with van der Waals surface area (Å²) in [5.41, 5.74) is -0.530. The number of hydrogen-bond acceptors (Lipinski definition) is 8. The third-order valence-corrected chi connectivity index (χ3v) is 5.15. The van der Waals surface area contributed by atoms with Crippen LogP contribution in [0.3, 0.4) is 0 Å². The van der Waals surface area contributed by atoms with Crippen molar-refractivity contribution in [2.75, 3.05) is 17.7 Å². The fourth-order valence-electron chi connectivity index (χ4n) is 3.38. The van der Waals surface area contributed by atoms with Gasteiger partial charge >= 0.3 is 6.09 Å². The largest absolute Gasteiger partial charge is 0.479 e. The monoisotopic (exact) mass is 504 g/mol. The van der Waals surface area contributed by atoms with Crippen molar-refractivity contribution in [3.05, 3.63) is 35.5 Å². The van der Waals surface area contributed by atoms with Gasteiger partial charge in [-0.3, -0.25) is 0 Å². The van der Waals surface area contributed by atoms with E-state index in [0.717, 1.165) is 31.4 Å². The standard InChI is InChI=1S/C25H34F2N6O3/c1-7-8-9-10-20(15(2)30-24(34)36-25(3,4)5)32-22-18(26)11-16(13-28)21(33-22)31-17-12-19(27)23(35-6)29-14-17/h11-12,14-15,20H,7-10H2,1-6H3,(H,30,34)(H2,31,32,33)/t15-,20+/m0/s1. The second-order valence-corrected chi connectivity index (χ2v) is 9.35. The van der Waals surface area contributed by atoms with Gasteiger partial charge < -0.3 is 25.4 Å². The van der Waals surface area contributed by atoms with Crippen LogP contribution in [-0.4, -0.2) is 40.9 Å². The predicted octanol–water partition coefficient (Wildman–Crippen LogP) is 5.65. The molecule has 0 saturated heterocycles. The van der Waals surface area contributed by atoms with Gasteiger partial charge in [0.15, 0.2) is 23.3 Å². The van der Waals surface area contributed by atoms with E-state index in [1.54, 1.807) is 27.7 Å². The number of nitriles is 1. The van der Waals surface area contributed by atoms with Crippen molar-refractivity contribution >= 4 is 23.4 Å². The number of alkyl carbamates (subject to hydrolysis) is 1. The number of carbonyl (C=O) groups excluding carboxylic acids is 1. The zero-order valence-electron chi connectivity index (χ0n) is 21.5. The molecule has 9 nitrogen and oxygen atoms in total. The summed E-state index contributed by atoms with van der Waals surface area (Å²) in [4.78, 5) is 20.4. The Labute approximate surface area is 210 Å². The maximum atomic E-state index is 14.9. The van der Waals surface area contributed by atoms with E-state index >= 15 is 0 Å². The Hall–Kier alpha value is -3.68. The highest BCUT2D eigenvalue weighted by atomic mass is 19.1. The molecule has 0 aliphatic heterocycles. The summed E-state index contributed by atoms with van der Waals surface area (Å²) in [7, 11) is 1.29. The number of anilines is 3. The lowest BCUT2D eigenvalue weighted by Gasteiger charge is -2.28. The molecular weight excluding hydrogens is 470 g/mol. The average molecular weight is 505 g/mol. The number of methoxy groups -OCH3 is 1. The van der Waals surface area contributed by atoms with E-state index in [-0.39, 0.29) is 34.8 Å². The number of rotatable bonds is 11. The highest BCUT2D eigenvalue weighted by molar-refractivity contribution is 5.68. The maximum Gasteiger partial charge on any atom is 0.407 e. The van der Waals surface area contributed by atoms with Crippen LogP contribution in [0.5, 0.6) is 5.88 Å². The number of aromatic nitrogens is 2. The molecule has 11 heteroatoms. The van der Waals surface area contributed by atoms with Crippen molar-refractivity contribution in [1.29, 1.82) is 5.26 Å². The van der Waals surface area contributed by atoms with E-state index in [1.807, 2.05) is 6.07 Å². The molecule has 1 amide bonds. The number of nitrogens with zero attached hydrogens (tertiary/aromatic N) is 3. The maximum absolute atomic E-state index is 14.9. The lowest BCUT2D eigenvalue weighted by Crippen LogP contribution is -2.46. The van der Waals surface area contributed by atoms with Crippen molar-refractivity contribution in [2.24, 2.45) is 0 Å². The first-order chi connectivity index (χ1) is 17.0. The Balaban J connectivity index is 2.30. The highest BCUT2D eigenvalue weighted by Gasteiger charge is 2.24. The molecule has 36 heavy (non-hydrogen) atoms. The van der Waals surface area contributed by atoms with E-state index < -0.39 is 29.4 Å². The first-order valence-corrected chi connectivity index (χ1v) is 11.8. The fourth-order valence-corrected chi connectivity index (χ4v) is 3.38. The zero-order valence-corrected chi connectivity index (χ0v) is 21.5. The highest BCUT2D eigenvalue weighted by Crippen LogP contribution is 2.26. The smallest absolute Gasteiger partial charge is 0.407 e. The topological polar surface area (TPSA) is 121 Å². The Morgan fingerprint density at radius 1 is 1.19 bits per heavy atom. The van der Waals surface area contributed by atoms with Crippen LogP contribution in [0, 0.1) is 23.0 Å². The van der Waals surface area contributed by atoms with Gasteiger partial charge in [0.2, 0.25) is 5.88 Å². The molecule has 0 spiro atoms. The summed E-state index contributed by atoms with van der Waals surface area (Å²) in [6.07, 6.45) is 4.15. The van der Waals surface area contributed by atoms with Crippen molar-refractivity contribution < 1.29 is 23.0 Å². The van der Waals surface area contributed by atoms with Crippen molar-refractivity contribution in [3.63, 3.8) is 0 Å². The van der Waals surface area contributed by atoms with E-state index in [1.165, 1.54) is 13.3 Å². The first-order valence-electron chi connectivity index (χ1n) is 11.8. The minimum atomic E-state index is -0.735. The van der Waals surface area contributed by atoms with Crippen LogP contribution >= 0.6 is 0 Å². The molecule has 0 fully saturated rings. The summed E-state index contributed by atoms with van der Waals surface area (Å²) in [6.45, 7) is 9.16. The summed E-state index contributed by atoms with van der Waals surface area (Å²) in [5, 5.41) is 18.1. The number of nitrogens with one attached hydrogen (secondary N) is 3. The Bertz CT molecular complexity index is 1080. The van der Waals surface area contributed by atoms with Crippen LogP contribution in [0.25, 0.3) is 0 Å². The number of halogens is 2. The number of hydrogen-bond donors (Lipinski definition) is 3. The second kappa shape index (κ2) is 12.9. The van der Waals surface area contributed by atoms with Gasteiger partial charge in [0, 0.05) is 18.2 Å². The van der Waals surface area contributed by atoms with E-state index in [0.29, 0.717) is 6.42 Å². The summed E-state index contributed by atoms with van der Waals surface area (Å²) in [5.74, 6) is -1.72. The molecule has 0 unspecified atom stereocenters. The molecule has 2 aromatic heterocycles. The van der Waals surface area contributed by atoms with Gasteiger partial charge in [-0.25, -0.2) is 23.5 Å². The summed E-state index contributed by atoms with van der Waals surface area (Å²) in [6, 6.07) is 3.25. The van der Waals surface area contributed by atoms with Gasteiger partial charge in [-0.1, -0.05) is 26.2 Å². The van der Waals surface area contributed by atoms with Gasteiger partial charge in [0.05, 0.1) is 24.6 Å². The number of unbranched alkanes of at least 4 members (excludes halogenated alkanes) is 2. The van der Waals surface area contributed by atoms with Crippen molar-refractivity contribution in [3.8, 4) is 11.9 Å². The number of amides is 1. The molecule has 2 aromatic rings. The van der Waals surface area contributed by atoms with Gasteiger partial charge in [-0.05, 0) is 40.2 Å². The Morgan fingerprint density at radius 3 is 2.50 bits per heavy atom. The SMILES string of the molecule is CCCCC[C@@H](Nc1nc(Nc2cnc(OC)c(F)c2)c(C#N)cc1F)[C@H](C)NC(=O)OC(C)(C)C. The fraction of sp³-hybridized carbons (Fsp3) is 0.520. The van der Waals surface area contributed by atoms with Crippen LogP contribution in [-0.2, 0) is 4.74 Å². The normalized spacial score (nSPS) is 12.8. The molecule has 196 valence electrons. The van der Waals surface area contributed by atoms with Crippen molar-refractivity contribution in [2.45, 2.75) is 78.0 Å². The number of ether oxygens (including phenoxy) is 2. The van der Waals surface area contributed by atoms with Crippen molar-refractivity contribution in [1.82, 2.24) is 15.3 Å². The minimum absolute atomic E-state index is 0.0211.